The molecule has 2 aromatic heterocycles. The maximum atomic E-state index is 13.6. The first-order chi connectivity index (χ1) is 15.5. The summed E-state index contributed by atoms with van der Waals surface area (Å²) in [6.07, 6.45) is 0. The SMILES string of the molecule is COc1ccc2c(=O)c3c(=O)n(-c4ccc(C)cc4)c(-c4ccc(F)cc4)nc3oc2c1. The Morgan fingerprint density at radius 3 is 2.38 bits per heavy atom. The number of hydrogen-bond donors (Lipinski definition) is 0. The maximum absolute atomic E-state index is 13.6. The molecule has 0 atom stereocenters. The van der Waals surface area contributed by atoms with Crippen molar-refractivity contribution in [1.82, 2.24) is 9.55 Å². The van der Waals surface area contributed by atoms with Crippen LogP contribution in [-0.4, -0.2) is 16.7 Å². The molecule has 0 unspecified atom stereocenters. The summed E-state index contributed by atoms with van der Waals surface area (Å²) in [6, 6.07) is 17.6. The Morgan fingerprint density at radius 1 is 0.969 bits per heavy atom. The highest BCUT2D eigenvalue weighted by Gasteiger charge is 2.20. The van der Waals surface area contributed by atoms with Gasteiger partial charge in [0.2, 0.25) is 11.1 Å². The normalized spacial score (nSPS) is 11.2. The van der Waals surface area contributed by atoms with E-state index in [9.17, 15) is 14.0 Å². The van der Waals surface area contributed by atoms with Gasteiger partial charge in [-0.3, -0.25) is 14.2 Å². The molecule has 0 aliphatic carbocycles. The van der Waals surface area contributed by atoms with Crippen molar-refractivity contribution in [2.75, 3.05) is 7.11 Å². The quantitative estimate of drug-likeness (QED) is 0.392. The number of fused-ring (bicyclic) bond motifs is 2. The van der Waals surface area contributed by atoms with Crippen LogP contribution in [0.4, 0.5) is 4.39 Å². The molecule has 0 saturated carbocycles. The average molecular weight is 428 g/mol. The molecular weight excluding hydrogens is 411 g/mol. The van der Waals surface area contributed by atoms with Gasteiger partial charge in [-0.15, -0.1) is 0 Å². The Morgan fingerprint density at radius 2 is 1.69 bits per heavy atom. The lowest BCUT2D eigenvalue weighted by atomic mass is 10.1. The molecule has 32 heavy (non-hydrogen) atoms. The molecule has 0 N–H and O–H groups in total. The molecular formula is C25H17FN2O4. The smallest absolute Gasteiger partial charge is 0.273 e. The number of benzene rings is 3. The molecule has 5 rings (SSSR count). The molecule has 0 bridgehead atoms. The number of halogens is 1. The predicted molar refractivity (Wildman–Crippen MR) is 120 cm³/mol. The Balaban J connectivity index is 1.93. The van der Waals surface area contributed by atoms with Crippen LogP contribution < -0.4 is 15.7 Å². The van der Waals surface area contributed by atoms with Crippen molar-refractivity contribution in [3.8, 4) is 22.8 Å². The highest BCUT2D eigenvalue weighted by molar-refractivity contribution is 5.89. The summed E-state index contributed by atoms with van der Waals surface area (Å²) in [5, 5.41) is 0.0938. The lowest BCUT2D eigenvalue weighted by Crippen LogP contribution is -2.26. The highest BCUT2D eigenvalue weighted by Crippen LogP contribution is 2.25. The summed E-state index contributed by atoms with van der Waals surface area (Å²) in [4.78, 5) is 31.4. The first-order valence-electron chi connectivity index (χ1n) is 9.87. The van der Waals surface area contributed by atoms with Crippen molar-refractivity contribution in [2.24, 2.45) is 0 Å². The molecule has 5 aromatic rings. The first-order valence-corrected chi connectivity index (χ1v) is 9.87. The van der Waals surface area contributed by atoms with E-state index in [1.54, 1.807) is 30.3 Å². The first kappa shape index (κ1) is 19.7. The van der Waals surface area contributed by atoms with Crippen molar-refractivity contribution in [1.29, 1.82) is 0 Å². The number of rotatable bonds is 3. The minimum absolute atomic E-state index is 0.0940. The van der Waals surface area contributed by atoms with Crippen LogP contribution in [0.5, 0.6) is 5.75 Å². The van der Waals surface area contributed by atoms with E-state index in [2.05, 4.69) is 4.98 Å². The van der Waals surface area contributed by atoms with Crippen molar-refractivity contribution >= 4 is 22.1 Å². The summed E-state index contributed by atoms with van der Waals surface area (Å²) in [5.74, 6) is 0.326. The Hall–Kier alpha value is -4.26. The lowest BCUT2D eigenvalue weighted by molar-refractivity contribution is 0.414. The monoisotopic (exact) mass is 428 g/mol. The van der Waals surface area contributed by atoms with E-state index in [-0.39, 0.29) is 27.9 Å². The van der Waals surface area contributed by atoms with E-state index in [1.165, 1.54) is 35.9 Å². The summed E-state index contributed by atoms with van der Waals surface area (Å²) in [7, 11) is 1.51. The predicted octanol–water partition coefficient (Wildman–Crippen LogP) is 4.62. The van der Waals surface area contributed by atoms with Crippen LogP contribution in [0.3, 0.4) is 0 Å². The van der Waals surface area contributed by atoms with E-state index in [0.717, 1.165) is 5.56 Å². The fraction of sp³-hybridized carbons (Fsp3) is 0.0800. The second-order valence-corrected chi connectivity index (χ2v) is 7.39. The van der Waals surface area contributed by atoms with E-state index in [0.29, 0.717) is 17.0 Å². The molecule has 0 spiro atoms. The molecule has 6 nitrogen and oxygen atoms in total. The molecule has 0 fully saturated rings. The Labute approximate surface area is 181 Å². The van der Waals surface area contributed by atoms with Crippen molar-refractivity contribution < 1.29 is 13.5 Å². The molecule has 2 heterocycles. The summed E-state index contributed by atoms with van der Waals surface area (Å²) < 4.78 is 26.0. The molecule has 7 heteroatoms. The summed E-state index contributed by atoms with van der Waals surface area (Å²) in [5.41, 5.74) is 1.16. The van der Waals surface area contributed by atoms with E-state index >= 15 is 0 Å². The number of ether oxygens (including phenoxy) is 1. The number of aromatic nitrogens is 2. The van der Waals surface area contributed by atoms with E-state index < -0.39 is 16.8 Å². The minimum Gasteiger partial charge on any atom is -0.497 e. The topological polar surface area (TPSA) is 74.3 Å². The molecule has 0 aliphatic heterocycles. The summed E-state index contributed by atoms with van der Waals surface area (Å²) >= 11 is 0. The minimum atomic E-state index is -0.565. The standard InChI is InChI=1S/C25H17FN2O4/c1-14-3-9-17(10-4-14)28-23(15-5-7-16(26)8-6-15)27-24-21(25(28)30)22(29)19-12-11-18(31-2)13-20(19)32-24/h3-13H,1-2H3. The number of nitrogens with zero attached hydrogens (tertiary/aromatic N) is 2. The van der Waals surface area contributed by atoms with Gasteiger partial charge in [-0.05, 0) is 55.5 Å². The van der Waals surface area contributed by atoms with Crippen LogP contribution in [0.25, 0.3) is 39.1 Å². The highest BCUT2D eigenvalue weighted by atomic mass is 19.1. The van der Waals surface area contributed by atoms with Gasteiger partial charge in [-0.2, -0.15) is 4.98 Å². The average Bonchev–Trinajstić information content (AvgIpc) is 2.80. The van der Waals surface area contributed by atoms with Crippen LogP contribution in [-0.2, 0) is 0 Å². The third-order valence-corrected chi connectivity index (χ3v) is 5.31. The molecule has 0 aliphatic rings. The zero-order valence-corrected chi connectivity index (χ0v) is 17.3. The number of aryl methyl sites for hydroxylation is 1. The van der Waals surface area contributed by atoms with Crippen LogP contribution in [0.2, 0.25) is 0 Å². The fourth-order valence-corrected chi connectivity index (χ4v) is 3.64. The van der Waals surface area contributed by atoms with Gasteiger partial charge in [0.1, 0.15) is 17.1 Å². The van der Waals surface area contributed by atoms with E-state index in [4.69, 9.17) is 9.15 Å². The fourth-order valence-electron chi connectivity index (χ4n) is 3.64. The number of hydrogen-bond acceptors (Lipinski definition) is 5. The lowest BCUT2D eigenvalue weighted by Gasteiger charge is -2.14. The van der Waals surface area contributed by atoms with Crippen LogP contribution >= 0.6 is 0 Å². The van der Waals surface area contributed by atoms with Crippen LogP contribution in [0.1, 0.15) is 5.56 Å². The van der Waals surface area contributed by atoms with Gasteiger partial charge in [0.25, 0.3) is 5.56 Å². The second kappa shape index (κ2) is 7.46. The Kier molecular flexibility index (Phi) is 4.59. The van der Waals surface area contributed by atoms with Crippen molar-refractivity contribution in [3.05, 3.63) is 98.7 Å². The van der Waals surface area contributed by atoms with Gasteiger partial charge in [0.05, 0.1) is 18.2 Å². The maximum Gasteiger partial charge on any atom is 0.273 e. The van der Waals surface area contributed by atoms with Gasteiger partial charge < -0.3 is 9.15 Å². The molecule has 0 amide bonds. The third kappa shape index (κ3) is 3.15. The van der Waals surface area contributed by atoms with Crippen LogP contribution in [0.15, 0.2) is 80.7 Å². The van der Waals surface area contributed by atoms with Gasteiger partial charge in [-0.25, -0.2) is 4.39 Å². The van der Waals surface area contributed by atoms with Crippen molar-refractivity contribution in [3.63, 3.8) is 0 Å². The molecule has 0 radical (unpaired) electrons. The zero-order chi connectivity index (χ0) is 22.4. The van der Waals surface area contributed by atoms with Gasteiger partial charge >= 0.3 is 0 Å². The van der Waals surface area contributed by atoms with Crippen LogP contribution in [0, 0.1) is 12.7 Å². The Bertz CT molecular complexity index is 1600. The molecule has 3 aromatic carbocycles. The third-order valence-electron chi connectivity index (χ3n) is 5.31. The molecule has 0 saturated heterocycles. The van der Waals surface area contributed by atoms with Crippen molar-refractivity contribution in [2.45, 2.75) is 6.92 Å². The zero-order valence-electron chi connectivity index (χ0n) is 17.3. The largest absolute Gasteiger partial charge is 0.497 e. The molecule has 158 valence electrons. The second-order valence-electron chi connectivity index (χ2n) is 7.39. The number of methoxy groups -OCH3 is 1. The van der Waals surface area contributed by atoms with Gasteiger partial charge in [-0.1, -0.05) is 17.7 Å². The van der Waals surface area contributed by atoms with Gasteiger partial charge in [0, 0.05) is 11.6 Å². The van der Waals surface area contributed by atoms with E-state index in [1.807, 2.05) is 19.1 Å². The van der Waals surface area contributed by atoms with Gasteiger partial charge in [0.15, 0.2) is 11.2 Å². The summed E-state index contributed by atoms with van der Waals surface area (Å²) in [6.45, 7) is 1.93.